The van der Waals surface area contributed by atoms with Gasteiger partial charge >= 0.3 is 11.8 Å². The first-order valence-corrected chi connectivity index (χ1v) is 8.26. The van der Waals surface area contributed by atoms with Gasteiger partial charge < -0.3 is 19.8 Å². The highest BCUT2D eigenvalue weighted by atomic mass is 16.5. The number of fused-ring (bicyclic) bond motifs is 1. The lowest BCUT2D eigenvalue weighted by molar-refractivity contribution is -0.132. The van der Waals surface area contributed by atoms with E-state index in [0.717, 1.165) is 10.9 Å². The van der Waals surface area contributed by atoms with Crippen molar-refractivity contribution in [3.05, 3.63) is 55.2 Å². The number of anilines is 2. The molecule has 0 fully saturated rings. The second-order valence-corrected chi connectivity index (χ2v) is 5.86. The summed E-state index contributed by atoms with van der Waals surface area (Å²) in [5, 5.41) is 12.7. The third-order valence-electron chi connectivity index (χ3n) is 4.06. The lowest BCUT2D eigenvalue weighted by Crippen LogP contribution is -2.29. The molecule has 2 aromatic heterocycles. The van der Waals surface area contributed by atoms with Crippen LogP contribution in [0, 0.1) is 0 Å². The Bertz CT molecular complexity index is 1150. The van der Waals surface area contributed by atoms with Gasteiger partial charge in [0.1, 0.15) is 5.75 Å². The normalized spacial score (nSPS) is 10.6. The molecule has 3 N–H and O–H groups in total. The fraction of sp³-hybridized carbons (Fsp3) is 0.0526. The van der Waals surface area contributed by atoms with Crippen molar-refractivity contribution in [2.24, 2.45) is 0 Å². The molecule has 0 saturated carbocycles. The zero-order valence-corrected chi connectivity index (χ0v) is 14.7. The average Bonchev–Trinajstić information content (AvgIpc) is 3.39. The Morgan fingerprint density at radius 3 is 2.50 bits per heavy atom. The molecule has 140 valence electrons. The van der Waals surface area contributed by atoms with Crippen molar-refractivity contribution in [3.8, 4) is 17.1 Å². The minimum atomic E-state index is -0.806. The number of carbonyl (C=O) groups excluding carboxylic acids is 2. The Morgan fingerprint density at radius 1 is 1.04 bits per heavy atom. The summed E-state index contributed by atoms with van der Waals surface area (Å²) in [7, 11) is 1.50. The number of rotatable bonds is 4. The van der Waals surface area contributed by atoms with Crippen molar-refractivity contribution in [1.82, 2.24) is 15.2 Å². The van der Waals surface area contributed by atoms with Gasteiger partial charge in [0.15, 0.2) is 12.2 Å². The van der Waals surface area contributed by atoms with E-state index < -0.39 is 11.8 Å². The highest BCUT2D eigenvalue weighted by Gasteiger charge is 2.16. The number of nitrogens with zero attached hydrogens (tertiary/aromatic N) is 2. The van der Waals surface area contributed by atoms with Crippen LogP contribution in [0.5, 0.6) is 5.75 Å². The second kappa shape index (κ2) is 7.23. The molecule has 0 aliphatic rings. The Balaban J connectivity index is 1.47. The van der Waals surface area contributed by atoms with Crippen LogP contribution in [0.4, 0.5) is 11.4 Å². The molecular formula is C19H15N5O4. The van der Waals surface area contributed by atoms with Gasteiger partial charge in [-0.05, 0) is 30.3 Å². The summed E-state index contributed by atoms with van der Waals surface area (Å²) < 4.78 is 10.6. The van der Waals surface area contributed by atoms with Crippen LogP contribution in [0.3, 0.4) is 0 Å². The van der Waals surface area contributed by atoms with E-state index in [0.29, 0.717) is 28.4 Å². The number of amides is 2. The standard InChI is InChI=1S/C19H15N5O4/c1-27-16-7-13(4-5-14(16)17-9-20-10-28-17)23-19(26)18(25)22-12-3-2-11-8-21-24-15(11)6-12/h2-10H,1H3,(H,21,24)(H,22,25)(H,23,26). The van der Waals surface area contributed by atoms with Crippen molar-refractivity contribution in [2.75, 3.05) is 17.7 Å². The molecule has 0 radical (unpaired) electrons. The molecule has 9 heteroatoms. The number of benzene rings is 2. The number of H-pyrrole nitrogens is 1. The Labute approximate surface area is 158 Å². The van der Waals surface area contributed by atoms with E-state index in [4.69, 9.17) is 9.15 Å². The predicted molar refractivity (Wildman–Crippen MR) is 102 cm³/mol. The van der Waals surface area contributed by atoms with Gasteiger partial charge in [-0.15, -0.1) is 0 Å². The number of aromatic nitrogens is 3. The van der Waals surface area contributed by atoms with Crippen LogP contribution in [-0.4, -0.2) is 34.1 Å². The smallest absolute Gasteiger partial charge is 0.314 e. The van der Waals surface area contributed by atoms with Gasteiger partial charge in [0.2, 0.25) is 0 Å². The van der Waals surface area contributed by atoms with Crippen LogP contribution in [0.15, 0.2) is 59.6 Å². The molecule has 0 atom stereocenters. The number of ether oxygens (including phenoxy) is 1. The third kappa shape index (κ3) is 3.40. The van der Waals surface area contributed by atoms with Crippen LogP contribution in [0.1, 0.15) is 0 Å². The molecule has 2 aromatic carbocycles. The van der Waals surface area contributed by atoms with Crippen molar-refractivity contribution < 1.29 is 18.7 Å². The molecule has 0 unspecified atom stereocenters. The Morgan fingerprint density at radius 2 is 1.79 bits per heavy atom. The SMILES string of the molecule is COc1cc(NC(=O)C(=O)Nc2ccc3cn[nH]c3c2)ccc1-c1cnco1. The molecule has 28 heavy (non-hydrogen) atoms. The fourth-order valence-electron chi connectivity index (χ4n) is 2.71. The topological polar surface area (TPSA) is 122 Å². The predicted octanol–water partition coefficient (Wildman–Crippen LogP) is 2.80. The number of oxazole rings is 1. The van der Waals surface area contributed by atoms with E-state index in [1.165, 1.54) is 13.5 Å². The zero-order valence-electron chi connectivity index (χ0n) is 14.7. The quantitative estimate of drug-likeness (QED) is 0.470. The number of hydrogen-bond acceptors (Lipinski definition) is 6. The summed E-state index contributed by atoms with van der Waals surface area (Å²) in [6, 6.07) is 10.1. The van der Waals surface area contributed by atoms with E-state index in [2.05, 4.69) is 25.8 Å². The maximum atomic E-state index is 12.2. The van der Waals surface area contributed by atoms with Gasteiger partial charge in [-0.25, -0.2) is 4.98 Å². The number of hydrogen-bond donors (Lipinski definition) is 3. The zero-order chi connectivity index (χ0) is 19.5. The highest BCUT2D eigenvalue weighted by Crippen LogP contribution is 2.32. The molecule has 0 aliphatic heterocycles. The summed E-state index contributed by atoms with van der Waals surface area (Å²) in [6.07, 6.45) is 4.54. The van der Waals surface area contributed by atoms with Gasteiger partial charge in [-0.3, -0.25) is 14.7 Å². The van der Waals surface area contributed by atoms with Crippen molar-refractivity contribution in [3.63, 3.8) is 0 Å². The molecule has 9 nitrogen and oxygen atoms in total. The summed E-state index contributed by atoms with van der Waals surface area (Å²) >= 11 is 0. The number of aromatic amines is 1. The maximum Gasteiger partial charge on any atom is 0.314 e. The molecular weight excluding hydrogens is 362 g/mol. The second-order valence-electron chi connectivity index (χ2n) is 5.86. The van der Waals surface area contributed by atoms with E-state index in [1.54, 1.807) is 48.8 Å². The van der Waals surface area contributed by atoms with Gasteiger partial charge in [0.25, 0.3) is 0 Å². The maximum absolute atomic E-state index is 12.2. The third-order valence-corrected chi connectivity index (χ3v) is 4.06. The summed E-state index contributed by atoms with van der Waals surface area (Å²) in [5.41, 5.74) is 2.32. The molecule has 4 aromatic rings. The first-order valence-electron chi connectivity index (χ1n) is 8.26. The van der Waals surface area contributed by atoms with Gasteiger partial charge in [0.05, 0.1) is 30.6 Å². The first-order chi connectivity index (χ1) is 13.6. The van der Waals surface area contributed by atoms with Gasteiger partial charge in [-0.2, -0.15) is 5.10 Å². The van der Waals surface area contributed by atoms with Gasteiger partial charge in [0, 0.05) is 22.8 Å². The molecule has 2 heterocycles. The minimum Gasteiger partial charge on any atom is -0.496 e. The van der Waals surface area contributed by atoms with E-state index >= 15 is 0 Å². The van der Waals surface area contributed by atoms with E-state index in [1.807, 2.05) is 0 Å². The van der Waals surface area contributed by atoms with Crippen molar-refractivity contribution in [1.29, 1.82) is 0 Å². The molecule has 4 rings (SSSR count). The largest absolute Gasteiger partial charge is 0.496 e. The lowest BCUT2D eigenvalue weighted by Gasteiger charge is -2.10. The average molecular weight is 377 g/mol. The summed E-state index contributed by atoms with van der Waals surface area (Å²) in [5.74, 6) is -0.599. The molecule has 0 bridgehead atoms. The summed E-state index contributed by atoms with van der Waals surface area (Å²) in [4.78, 5) is 28.3. The highest BCUT2D eigenvalue weighted by molar-refractivity contribution is 6.43. The monoisotopic (exact) mass is 377 g/mol. The van der Waals surface area contributed by atoms with E-state index in [9.17, 15) is 9.59 Å². The number of carbonyl (C=O) groups is 2. The first kappa shape index (κ1) is 17.3. The van der Waals surface area contributed by atoms with Crippen molar-refractivity contribution >= 4 is 34.1 Å². The fourth-order valence-corrected chi connectivity index (χ4v) is 2.71. The van der Waals surface area contributed by atoms with Crippen LogP contribution < -0.4 is 15.4 Å². The number of methoxy groups -OCH3 is 1. The lowest BCUT2D eigenvalue weighted by atomic mass is 10.1. The molecule has 2 amide bonds. The van der Waals surface area contributed by atoms with Crippen LogP contribution >= 0.6 is 0 Å². The van der Waals surface area contributed by atoms with Crippen LogP contribution in [0.25, 0.3) is 22.2 Å². The Hall–Kier alpha value is -4.14. The minimum absolute atomic E-state index is 0.407. The van der Waals surface area contributed by atoms with Crippen LogP contribution in [-0.2, 0) is 9.59 Å². The Kier molecular flexibility index (Phi) is 4.47. The van der Waals surface area contributed by atoms with Crippen LogP contribution in [0.2, 0.25) is 0 Å². The molecule has 0 aliphatic carbocycles. The van der Waals surface area contributed by atoms with E-state index in [-0.39, 0.29) is 0 Å². The number of nitrogens with one attached hydrogen (secondary N) is 3. The van der Waals surface area contributed by atoms with Gasteiger partial charge in [-0.1, -0.05) is 0 Å². The molecule has 0 saturated heterocycles. The summed E-state index contributed by atoms with van der Waals surface area (Å²) in [6.45, 7) is 0. The van der Waals surface area contributed by atoms with Crippen molar-refractivity contribution in [2.45, 2.75) is 0 Å². The molecule has 0 spiro atoms.